The molecule has 3 aromatic rings. The number of hydrogen-bond donors (Lipinski definition) is 1. The number of nitrogens with zero attached hydrogens (tertiary/aromatic N) is 7. The SMILES string of the molecule is CCN(C(=O)c1cc(F)ccc1Oc1nncnc1N1CC2(CCN(CC3CCN(C(=O)Nc4ccccc4F)CC3)CC2)C1)C(C)C. The third-order valence-corrected chi connectivity index (χ3v) is 9.98. The van der Waals surface area contributed by atoms with E-state index in [-0.39, 0.29) is 46.3 Å². The van der Waals surface area contributed by atoms with Crippen molar-refractivity contribution in [2.24, 2.45) is 11.3 Å². The van der Waals surface area contributed by atoms with Gasteiger partial charge in [0.05, 0.1) is 11.3 Å². The van der Waals surface area contributed by atoms with Gasteiger partial charge in [0.2, 0.25) is 0 Å². The number of amides is 3. The molecule has 0 saturated carbocycles. The van der Waals surface area contributed by atoms with Gasteiger partial charge in [0, 0.05) is 50.7 Å². The molecular weight excluding hydrogens is 618 g/mol. The molecule has 1 N–H and O–H groups in total. The van der Waals surface area contributed by atoms with Gasteiger partial charge in [0.25, 0.3) is 11.8 Å². The zero-order valence-electron chi connectivity index (χ0n) is 27.9. The molecule has 11 nitrogen and oxygen atoms in total. The number of hydrogen-bond acceptors (Lipinski definition) is 8. The first-order valence-corrected chi connectivity index (χ1v) is 16.9. The molecule has 48 heavy (non-hydrogen) atoms. The number of urea groups is 1. The Bertz CT molecular complexity index is 1600. The minimum absolute atomic E-state index is 0.0596. The maximum Gasteiger partial charge on any atom is 0.321 e. The van der Waals surface area contributed by atoms with Crippen LogP contribution < -0.4 is 15.0 Å². The minimum Gasteiger partial charge on any atom is -0.434 e. The summed E-state index contributed by atoms with van der Waals surface area (Å²) in [5.41, 5.74) is 0.523. The molecule has 0 bridgehead atoms. The lowest BCUT2D eigenvalue weighted by atomic mass is 9.72. The van der Waals surface area contributed by atoms with Crippen LogP contribution >= 0.6 is 0 Å². The fourth-order valence-corrected chi connectivity index (χ4v) is 7.18. The molecule has 0 aliphatic carbocycles. The lowest BCUT2D eigenvalue weighted by Crippen LogP contribution is -2.61. The van der Waals surface area contributed by atoms with Crippen molar-refractivity contribution in [2.75, 3.05) is 62.6 Å². The molecule has 3 amide bonds. The van der Waals surface area contributed by atoms with Crippen LogP contribution in [0.4, 0.5) is 25.1 Å². The average molecular weight is 663 g/mol. The van der Waals surface area contributed by atoms with E-state index in [0.717, 1.165) is 58.4 Å². The number of carbonyl (C=O) groups excluding carboxylic acids is 2. The molecule has 256 valence electrons. The lowest BCUT2D eigenvalue weighted by Gasteiger charge is -2.54. The van der Waals surface area contributed by atoms with Gasteiger partial charge in [-0.15, -0.1) is 10.2 Å². The van der Waals surface area contributed by atoms with Crippen LogP contribution in [0.25, 0.3) is 0 Å². The van der Waals surface area contributed by atoms with Crippen molar-refractivity contribution >= 4 is 23.4 Å². The van der Waals surface area contributed by atoms with Crippen LogP contribution in [0.2, 0.25) is 0 Å². The quantitative estimate of drug-likeness (QED) is 0.313. The standard InChI is InChI=1S/C35H44F2N8O3/c1-4-45(24(2)3)33(46)27-19-26(36)9-10-30(27)48-32-31(38-23-39-41-32)44-21-35(22-44)13-17-42(18-14-35)20-25-11-15-43(16-12-25)34(47)40-29-8-6-5-7-28(29)37/h5-10,19,23-25H,4,11-18,20-22H2,1-3H3,(H,40,47). The maximum atomic E-state index is 14.3. The Morgan fingerprint density at radius 1 is 1.06 bits per heavy atom. The molecule has 3 saturated heterocycles. The Morgan fingerprint density at radius 2 is 1.79 bits per heavy atom. The molecule has 13 heteroatoms. The predicted molar refractivity (Wildman–Crippen MR) is 178 cm³/mol. The van der Waals surface area contributed by atoms with Crippen LogP contribution in [0.1, 0.15) is 56.8 Å². The van der Waals surface area contributed by atoms with Gasteiger partial charge in [0.15, 0.2) is 5.82 Å². The van der Waals surface area contributed by atoms with Gasteiger partial charge < -0.3 is 29.7 Å². The number of anilines is 2. The van der Waals surface area contributed by atoms with Gasteiger partial charge >= 0.3 is 6.03 Å². The van der Waals surface area contributed by atoms with Crippen LogP contribution in [0.3, 0.4) is 0 Å². The Labute approximate surface area is 280 Å². The fraction of sp³-hybridized carbons (Fsp3) is 0.514. The van der Waals surface area contributed by atoms with E-state index in [1.54, 1.807) is 28.0 Å². The second kappa shape index (κ2) is 14.4. The highest BCUT2D eigenvalue weighted by Gasteiger charge is 2.46. The zero-order valence-corrected chi connectivity index (χ0v) is 27.9. The monoisotopic (exact) mass is 662 g/mol. The summed E-state index contributed by atoms with van der Waals surface area (Å²) in [4.78, 5) is 38.6. The van der Waals surface area contributed by atoms with E-state index in [0.29, 0.717) is 31.4 Å². The summed E-state index contributed by atoms with van der Waals surface area (Å²) in [6.07, 6.45) is 5.39. The van der Waals surface area contributed by atoms with Crippen LogP contribution in [-0.2, 0) is 0 Å². The van der Waals surface area contributed by atoms with Crippen molar-refractivity contribution in [1.29, 1.82) is 0 Å². The smallest absolute Gasteiger partial charge is 0.321 e. The molecule has 0 radical (unpaired) electrons. The van der Waals surface area contributed by atoms with Crippen molar-refractivity contribution in [3.05, 3.63) is 66.0 Å². The van der Waals surface area contributed by atoms with Crippen LogP contribution in [0.15, 0.2) is 48.8 Å². The first-order chi connectivity index (χ1) is 23.1. The topological polar surface area (TPSA) is 107 Å². The second-order valence-electron chi connectivity index (χ2n) is 13.5. The lowest BCUT2D eigenvalue weighted by molar-refractivity contribution is 0.0593. The van der Waals surface area contributed by atoms with Gasteiger partial charge in [-0.1, -0.05) is 12.1 Å². The first kappa shape index (κ1) is 33.5. The summed E-state index contributed by atoms with van der Waals surface area (Å²) < 4.78 is 34.4. The largest absolute Gasteiger partial charge is 0.434 e. The van der Waals surface area contributed by atoms with Gasteiger partial charge in [-0.05, 0) is 95.8 Å². The summed E-state index contributed by atoms with van der Waals surface area (Å²) in [6, 6.07) is 9.83. The summed E-state index contributed by atoms with van der Waals surface area (Å²) in [6.45, 7) is 12.2. The molecule has 1 spiro atoms. The summed E-state index contributed by atoms with van der Waals surface area (Å²) in [7, 11) is 0. The number of rotatable bonds is 9. The second-order valence-corrected chi connectivity index (χ2v) is 13.5. The average Bonchev–Trinajstić information content (AvgIpc) is 3.07. The predicted octanol–water partition coefficient (Wildman–Crippen LogP) is 5.66. The van der Waals surface area contributed by atoms with Crippen molar-refractivity contribution in [3.63, 3.8) is 0 Å². The Balaban J connectivity index is 0.999. The van der Waals surface area contributed by atoms with Gasteiger partial charge in [-0.25, -0.2) is 18.6 Å². The summed E-state index contributed by atoms with van der Waals surface area (Å²) in [5.74, 6) is 0.214. The molecule has 2 aromatic carbocycles. The Morgan fingerprint density at radius 3 is 2.48 bits per heavy atom. The van der Waals surface area contributed by atoms with Crippen LogP contribution in [0.5, 0.6) is 11.6 Å². The zero-order chi connectivity index (χ0) is 33.8. The molecule has 1 aromatic heterocycles. The number of halogens is 2. The molecule has 3 aliphatic heterocycles. The number of carbonyl (C=O) groups is 2. The Kier molecular flexibility index (Phi) is 10.0. The number of ether oxygens (including phenoxy) is 1. The highest BCUT2D eigenvalue weighted by atomic mass is 19.1. The molecule has 0 atom stereocenters. The normalized spacial score (nSPS) is 18.1. The van der Waals surface area contributed by atoms with E-state index in [1.165, 1.54) is 30.6 Å². The first-order valence-electron chi connectivity index (χ1n) is 16.9. The number of aromatic nitrogens is 3. The number of likely N-dealkylation sites (tertiary alicyclic amines) is 2. The van der Waals surface area contributed by atoms with Crippen molar-refractivity contribution in [3.8, 4) is 11.6 Å². The molecule has 3 fully saturated rings. The van der Waals surface area contributed by atoms with Crippen LogP contribution in [0, 0.1) is 23.0 Å². The number of piperidine rings is 2. The summed E-state index contributed by atoms with van der Waals surface area (Å²) >= 11 is 0. The van der Waals surface area contributed by atoms with Crippen molar-refractivity contribution in [2.45, 2.75) is 52.5 Å². The highest BCUT2D eigenvalue weighted by molar-refractivity contribution is 5.97. The van der Waals surface area contributed by atoms with E-state index in [4.69, 9.17) is 4.74 Å². The fourth-order valence-electron chi connectivity index (χ4n) is 7.18. The van der Waals surface area contributed by atoms with E-state index < -0.39 is 11.6 Å². The maximum absolute atomic E-state index is 14.3. The summed E-state index contributed by atoms with van der Waals surface area (Å²) in [5, 5.41) is 10.8. The number of nitrogens with one attached hydrogen (secondary N) is 1. The van der Waals surface area contributed by atoms with E-state index in [2.05, 4.69) is 30.3 Å². The highest BCUT2D eigenvalue weighted by Crippen LogP contribution is 2.44. The van der Waals surface area contributed by atoms with Gasteiger partial charge in [0.1, 0.15) is 23.7 Å². The van der Waals surface area contributed by atoms with E-state index >= 15 is 0 Å². The third kappa shape index (κ3) is 7.35. The molecule has 3 aliphatic rings. The number of para-hydroxylation sites is 1. The molecule has 0 unspecified atom stereocenters. The molecular formula is C35H44F2N8O3. The number of benzene rings is 2. The van der Waals surface area contributed by atoms with Gasteiger partial charge in [-0.2, -0.15) is 0 Å². The van der Waals surface area contributed by atoms with Crippen molar-refractivity contribution in [1.82, 2.24) is 29.9 Å². The van der Waals surface area contributed by atoms with Crippen LogP contribution in [-0.4, -0.2) is 100 Å². The van der Waals surface area contributed by atoms with Gasteiger partial charge in [-0.3, -0.25) is 4.79 Å². The third-order valence-electron chi connectivity index (χ3n) is 9.98. The minimum atomic E-state index is -0.520. The van der Waals surface area contributed by atoms with E-state index in [9.17, 15) is 18.4 Å². The molecule has 6 rings (SSSR count). The Hall–Kier alpha value is -4.39. The van der Waals surface area contributed by atoms with E-state index in [1.807, 2.05) is 20.8 Å². The molecule has 4 heterocycles. The van der Waals surface area contributed by atoms with Crippen molar-refractivity contribution < 1.29 is 23.1 Å².